The molecule has 0 unspecified atom stereocenters. The summed E-state index contributed by atoms with van der Waals surface area (Å²) in [6, 6.07) is 9.84. The van der Waals surface area contributed by atoms with Crippen LogP contribution in [0.15, 0.2) is 48.9 Å². The second kappa shape index (κ2) is 4.95. The molecule has 2 aromatic rings. The Labute approximate surface area is 88.0 Å². The first kappa shape index (κ1) is 9.45. The maximum absolute atomic E-state index is 5.33. The van der Waals surface area contributed by atoms with E-state index in [-0.39, 0.29) is 0 Å². The van der Waals surface area contributed by atoms with Gasteiger partial charge in [-0.05, 0) is 12.1 Å². The van der Waals surface area contributed by atoms with Gasteiger partial charge in [0, 0.05) is 18.1 Å². The molecule has 1 aromatic carbocycles. The third-order valence-corrected chi connectivity index (χ3v) is 1.81. The van der Waals surface area contributed by atoms with E-state index in [0.29, 0.717) is 12.6 Å². The van der Waals surface area contributed by atoms with Crippen LogP contribution in [-0.2, 0) is 0 Å². The zero-order valence-electron chi connectivity index (χ0n) is 8.13. The number of benzene rings is 1. The van der Waals surface area contributed by atoms with Crippen LogP contribution >= 0.6 is 0 Å². The molecule has 2 rings (SSSR count). The molecule has 4 heteroatoms. The average molecular weight is 201 g/mol. The lowest BCUT2D eigenvalue weighted by atomic mass is 10.3. The molecule has 4 nitrogen and oxygen atoms in total. The number of rotatable bonds is 4. The summed E-state index contributed by atoms with van der Waals surface area (Å²) in [4.78, 5) is 7.88. The van der Waals surface area contributed by atoms with Crippen molar-refractivity contribution in [2.45, 2.75) is 0 Å². The Kier molecular flexibility index (Phi) is 3.12. The summed E-state index contributed by atoms with van der Waals surface area (Å²) in [7, 11) is 0. The van der Waals surface area contributed by atoms with Crippen molar-refractivity contribution < 1.29 is 4.74 Å². The topological polar surface area (TPSA) is 47.0 Å². The highest BCUT2D eigenvalue weighted by Crippen LogP contribution is 2.05. The van der Waals surface area contributed by atoms with Crippen molar-refractivity contribution in [2.24, 2.45) is 0 Å². The normalized spacial score (nSPS) is 9.60. The van der Waals surface area contributed by atoms with Crippen LogP contribution in [0.4, 0.5) is 5.69 Å². The van der Waals surface area contributed by atoms with Gasteiger partial charge >= 0.3 is 0 Å². The van der Waals surface area contributed by atoms with E-state index >= 15 is 0 Å². The minimum Gasteiger partial charge on any atom is -0.455 e. The van der Waals surface area contributed by atoms with Gasteiger partial charge in [0.25, 0.3) is 0 Å². The van der Waals surface area contributed by atoms with Gasteiger partial charge in [-0.1, -0.05) is 18.2 Å². The van der Waals surface area contributed by atoms with Gasteiger partial charge in [0.15, 0.2) is 6.73 Å². The van der Waals surface area contributed by atoms with E-state index in [0.717, 1.165) is 5.69 Å². The Hall–Kier alpha value is -2.10. The van der Waals surface area contributed by atoms with Crippen molar-refractivity contribution in [2.75, 3.05) is 12.0 Å². The Balaban J connectivity index is 1.81. The summed E-state index contributed by atoms with van der Waals surface area (Å²) in [6.07, 6.45) is 4.78. The molecule has 1 aromatic heterocycles. The molecule has 0 aliphatic carbocycles. The van der Waals surface area contributed by atoms with Crippen molar-refractivity contribution in [3.8, 4) is 5.88 Å². The predicted octanol–water partition coefficient (Wildman–Crippen LogP) is 1.92. The highest BCUT2D eigenvalue weighted by atomic mass is 16.5. The molecule has 0 saturated carbocycles. The molecule has 0 radical (unpaired) electrons. The molecular weight excluding hydrogens is 190 g/mol. The second-order valence-corrected chi connectivity index (χ2v) is 2.88. The summed E-state index contributed by atoms with van der Waals surface area (Å²) in [6.45, 7) is 0.378. The van der Waals surface area contributed by atoms with Gasteiger partial charge in [-0.15, -0.1) is 0 Å². The van der Waals surface area contributed by atoms with Gasteiger partial charge < -0.3 is 10.1 Å². The minimum atomic E-state index is 0.378. The Morgan fingerprint density at radius 1 is 1.13 bits per heavy atom. The van der Waals surface area contributed by atoms with E-state index in [2.05, 4.69) is 15.3 Å². The van der Waals surface area contributed by atoms with E-state index in [1.54, 1.807) is 18.6 Å². The predicted molar refractivity (Wildman–Crippen MR) is 57.6 cm³/mol. The zero-order valence-corrected chi connectivity index (χ0v) is 8.13. The summed E-state index contributed by atoms with van der Waals surface area (Å²) in [5.41, 5.74) is 1.02. The summed E-state index contributed by atoms with van der Waals surface area (Å²) in [5.74, 6) is 0.515. The fourth-order valence-electron chi connectivity index (χ4n) is 1.11. The van der Waals surface area contributed by atoms with Crippen LogP contribution in [0.2, 0.25) is 0 Å². The third kappa shape index (κ3) is 2.95. The molecule has 1 heterocycles. The van der Waals surface area contributed by atoms with E-state index in [4.69, 9.17) is 4.74 Å². The number of anilines is 1. The van der Waals surface area contributed by atoms with Crippen molar-refractivity contribution >= 4 is 5.69 Å². The summed E-state index contributed by atoms with van der Waals surface area (Å²) < 4.78 is 5.33. The van der Waals surface area contributed by atoms with Crippen LogP contribution in [0.1, 0.15) is 0 Å². The number of aromatic nitrogens is 2. The Bertz CT molecular complexity index is 352. The first-order valence-electron chi connectivity index (χ1n) is 4.63. The molecule has 0 amide bonds. The van der Waals surface area contributed by atoms with Crippen LogP contribution in [-0.4, -0.2) is 16.7 Å². The number of nitrogens with one attached hydrogen (secondary N) is 1. The Morgan fingerprint density at radius 3 is 2.73 bits per heavy atom. The molecule has 0 bridgehead atoms. The number of nitrogens with zero attached hydrogens (tertiary/aromatic N) is 2. The third-order valence-electron chi connectivity index (χ3n) is 1.81. The van der Waals surface area contributed by atoms with Gasteiger partial charge in [0.05, 0.1) is 6.20 Å². The summed E-state index contributed by atoms with van der Waals surface area (Å²) >= 11 is 0. The molecule has 1 N–H and O–H groups in total. The fraction of sp³-hybridized carbons (Fsp3) is 0.0909. The maximum Gasteiger partial charge on any atom is 0.233 e. The van der Waals surface area contributed by atoms with E-state index < -0.39 is 0 Å². The molecule has 15 heavy (non-hydrogen) atoms. The van der Waals surface area contributed by atoms with Crippen molar-refractivity contribution in [1.29, 1.82) is 0 Å². The van der Waals surface area contributed by atoms with Crippen LogP contribution in [0.5, 0.6) is 5.88 Å². The zero-order chi connectivity index (χ0) is 10.3. The van der Waals surface area contributed by atoms with Crippen LogP contribution < -0.4 is 10.1 Å². The largest absolute Gasteiger partial charge is 0.455 e. The smallest absolute Gasteiger partial charge is 0.233 e. The molecule has 0 saturated heterocycles. The lowest BCUT2D eigenvalue weighted by Gasteiger charge is -2.06. The van der Waals surface area contributed by atoms with Crippen molar-refractivity contribution in [3.63, 3.8) is 0 Å². The average Bonchev–Trinajstić information content (AvgIpc) is 2.32. The lowest BCUT2D eigenvalue weighted by Crippen LogP contribution is -2.09. The highest BCUT2D eigenvalue weighted by molar-refractivity contribution is 5.41. The molecule has 76 valence electrons. The number of hydrogen-bond donors (Lipinski definition) is 1. The van der Waals surface area contributed by atoms with E-state index in [1.165, 1.54) is 0 Å². The lowest BCUT2D eigenvalue weighted by molar-refractivity contribution is 0.331. The van der Waals surface area contributed by atoms with Crippen LogP contribution in [0, 0.1) is 0 Å². The minimum absolute atomic E-state index is 0.378. The van der Waals surface area contributed by atoms with E-state index in [9.17, 15) is 0 Å². The molecule has 0 aliphatic heterocycles. The SMILES string of the molecule is c1ccc(NCOc2cnccn2)cc1. The van der Waals surface area contributed by atoms with E-state index in [1.807, 2.05) is 30.3 Å². The number of para-hydroxylation sites is 1. The van der Waals surface area contributed by atoms with Crippen LogP contribution in [0.25, 0.3) is 0 Å². The fourth-order valence-corrected chi connectivity index (χ4v) is 1.11. The number of ether oxygens (including phenoxy) is 1. The Morgan fingerprint density at radius 2 is 2.00 bits per heavy atom. The van der Waals surface area contributed by atoms with Crippen molar-refractivity contribution in [1.82, 2.24) is 9.97 Å². The molecule has 0 spiro atoms. The standard InChI is InChI=1S/C11H11N3O/c1-2-4-10(5-3-1)14-9-15-11-8-12-6-7-13-11/h1-8,14H,9H2. The van der Waals surface area contributed by atoms with Gasteiger partial charge in [-0.3, -0.25) is 4.98 Å². The molecule has 0 aliphatic rings. The highest BCUT2D eigenvalue weighted by Gasteiger charge is 1.92. The van der Waals surface area contributed by atoms with Crippen LogP contribution in [0.3, 0.4) is 0 Å². The first-order valence-corrected chi connectivity index (χ1v) is 4.63. The molecule has 0 atom stereocenters. The van der Waals surface area contributed by atoms with Gasteiger partial charge in [-0.25, -0.2) is 4.98 Å². The molecular formula is C11H11N3O. The van der Waals surface area contributed by atoms with Gasteiger partial charge in [0.2, 0.25) is 5.88 Å². The van der Waals surface area contributed by atoms with Gasteiger partial charge in [0.1, 0.15) is 0 Å². The second-order valence-electron chi connectivity index (χ2n) is 2.88. The molecule has 0 fully saturated rings. The van der Waals surface area contributed by atoms with Gasteiger partial charge in [-0.2, -0.15) is 0 Å². The number of hydrogen-bond acceptors (Lipinski definition) is 4. The first-order chi connectivity index (χ1) is 7.45. The monoisotopic (exact) mass is 201 g/mol. The quantitative estimate of drug-likeness (QED) is 0.768. The maximum atomic E-state index is 5.33. The summed E-state index contributed by atoms with van der Waals surface area (Å²) in [5, 5.41) is 3.10. The van der Waals surface area contributed by atoms with Crippen molar-refractivity contribution in [3.05, 3.63) is 48.9 Å².